The molecule has 2 unspecified atom stereocenters. The predicted octanol–water partition coefficient (Wildman–Crippen LogP) is 1.47. The number of aromatic nitrogens is 1. The second-order valence-electron chi connectivity index (χ2n) is 3.88. The molecule has 0 spiro atoms. The summed E-state index contributed by atoms with van der Waals surface area (Å²) in [5.41, 5.74) is 0. The van der Waals surface area contributed by atoms with Gasteiger partial charge in [0.25, 0.3) is 0 Å². The van der Waals surface area contributed by atoms with Crippen molar-refractivity contribution in [3.8, 4) is 0 Å². The maximum atomic E-state index is 11.9. The molecule has 15 heavy (non-hydrogen) atoms. The van der Waals surface area contributed by atoms with Crippen LogP contribution in [0.1, 0.15) is 19.8 Å². The minimum Gasteiger partial charge on any atom is -0.306 e. The SMILES string of the molecule is CC1CCCNC1C(=O)Nc1nccs1. The number of piperidine rings is 1. The van der Waals surface area contributed by atoms with Gasteiger partial charge in [0, 0.05) is 11.6 Å². The third-order valence-electron chi connectivity index (χ3n) is 2.71. The fourth-order valence-electron chi connectivity index (χ4n) is 1.87. The topological polar surface area (TPSA) is 54.0 Å². The Morgan fingerprint density at radius 2 is 2.60 bits per heavy atom. The lowest BCUT2D eigenvalue weighted by molar-refractivity contribution is -0.119. The quantitative estimate of drug-likeness (QED) is 0.801. The van der Waals surface area contributed by atoms with Crippen LogP contribution in [0.2, 0.25) is 0 Å². The normalized spacial score (nSPS) is 26.2. The molecule has 4 nitrogen and oxygen atoms in total. The maximum absolute atomic E-state index is 11.9. The molecule has 0 saturated carbocycles. The molecule has 1 fully saturated rings. The van der Waals surface area contributed by atoms with Crippen LogP contribution in [-0.2, 0) is 4.79 Å². The number of anilines is 1. The lowest BCUT2D eigenvalue weighted by Gasteiger charge is -2.28. The fraction of sp³-hybridized carbons (Fsp3) is 0.600. The van der Waals surface area contributed by atoms with E-state index in [-0.39, 0.29) is 11.9 Å². The van der Waals surface area contributed by atoms with Gasteiger partial charge in [0.1, 0.15) is 0 Å². The maximum Gasteiger partial charge on any atom is 0.243 e. The number of nitrogens with zero attached hydrogens (tertiary/aromatic N) is 1. The van der Waals surface area contributed by atoms with Crippen LogP contribution >= 0.6 is 11.3 Å². The van der Waals surface area contributed by atoms with Crippen molar-refractivity contribution in [2.45, 2.75) is 25.8 Å². The van der Waals surface area contributed by atoms with Gasteiger partial charge in [-0.15, -0.1) is 11.3 Å². The van der Waals surface area contributed by atoms with E-state index in [2.05, 4.69) is 22.5 Å². The molecule has 1 saturated heterocycles. The Balaban J connectivity index is 1.95. The van der Waals surface area contributed by atoms with Crippen molar-refractivity contribution in [3.05, 3.63) is 11.6 Å². The number of amides is 1. The lowest BCUT2D eigenvalue weighted by atomic mass is 9.92. The number of carbonyl (C=O) groups is 1. The third kappa shape index (κ3) is 2.54. The zero-order chi connectivity index (χ0) is 10.7. The molecule has 1 aliphatic heterocycles. The molecule has 1 aromatic heterocycles. The smallest absolute Gasteiger partial charge is 0.243 e. The van der Waals surface area contributed by atoms with E-state index >= 15 is 0 Å². The summed E-state index contributed by atoms with van der Waals surface area (Å²) >= 11 is 1.45. The number of nitrogens with one attached hydrogen (secondary N) is 2. The van der Waals surface area contributed by atoms with Crippen molar-refractivity contribution >= 4 is 22.4 Å². The zero-order valence-corrected chi connectivity index (χ0v) is 9.51. The molecule has 5 heteroatoms. The van der Waals surface area contributed by atoms with Gasteiger partial charge in [0.2, 0.25) is 5.91 Å². The molecule has 0 radical (unpaired) electrons. The van der Waals surface area contributed by atoms with Crippen LogP contribution in [0.15, 0.2) is 11.6 Å². The summed E-state index contributed by atoms with van der Waals surface area (Å²) in [5, 5.41) is 8.61. The summed E-state index contributed by atoms with van der Waals surface area (Å²) in [6.07, 6.45) is 3.96. The van der Waals surface area contributed by atoms with Crippen LogP contribution in [0.5, 0.6) is 0 Å². The number of hydrogen-bond acceptors (Lipinski definition) is 4. The summed E-state index contributed by atoms with van der Waals surface area (Å²) in [6.45, 7) is 3.04. The fourth-order valence-corrected chi connectivity index (χ4v) is 2.40. The van der Waals surface area contributed by atoms with E-state index in [0.29, 0.717) is 11.0 Å². The molecule has 1 aromatic rings. The van der Waals surface area contributed by atoms with E-state index in [1.165, 1.54) is 11.3 Å². The number of thiazole rings is 1. The molecular formula is C10H15N3OS. The van der Waals surface area contributed by atoms with Crippen molar-refractivity contribution in [2.24, 2.45) is 5.92 Å². The van der Waals surface area contributed by atoms with Crippen LogP contribution in [-0.4, -0.2) is 23.5 Å². The molecule has 82 valence electrons. The Kier molecular flexibility index (Phi) is 3.33. The highest BCUT2D eigenvalue weighted by Crippen LogP contribution is 2.18. The highest BCUT2D eigenvalue weighted by molar-refractivity contribution is 7.13. The molecular weight excluding hydrogens is 210 g/mol. The van der Waals surface area contributed by atoms with Crippen molar-refractivity contribution in [1.29, 1.82) is 0 Å². The molecule has 0 aromatic carbocycles. The second kappa shape index (κ2) is 4.72. The summed E-state index contributed by atoms with van der Waals surface area (Å²) in [6, 6.07) is -0.0670. The summed E-state index contributed by atoms with van der Waals surface area (Å²) in [4.78, 5) is 15.9. The van der Waals surface area contributed by atoms with E-state index in [1.54, 1.807) is 6.20 Å². The third-order valence-corrected chi connectivity index (χ3v) is 3.40. The molecule has 0 bridgehead atoms. The second-order valence-corrected chi connectivity index (χ2v) is 4.77. The summed E-state index contributed by atoms with van der Waals surface area (Å²) in [7, 11) is 0. The van der Waals surface area contributed by atoms with Crippen LogP contribution in [0.4, 0.5) is 5.13 Å². The van der Waals surface area contributed by atoms with Gasteiger partial charge in [-0.25, -0.2) is 4.98 Å². The minimum absolute atomic E-state index is 0.0390. The molecule has 2 atom stereocenters. The van der Waals surface area contributed by atoms with Crippen LogP contribution < -0.4 is 10.6 Å². The van der Waals surface area contributed by atoms with Crippen molar-refractivity contribution in [2.75, 3.05) is 11.9 Å². The number of rotatable bonds is 2. The molecule has 0 aliphatic carbocycles. The van der Waals surface area contributed by atoms with Crippen LogP contribution in [0.25, 0.3) is 0 Å². The molecule has 1 aliphatic rings. The van der Waals surface area contributed by atoms with Gasteiger partial charge in [-0.2, -0.15) is 0 Å². The predicted molar refractivity (Wildman–Crippen MR) is 60.9 cm³/mol. The number of hydrogen-bond donors (Lipinski definition) is 2. The van der Waals surface area contributed by atoms with Crippen LogP contribution in [0.3, 0.4) is 0 Å². The highest BCUT2D eigenvalue weighted by Gasteiger charge is 2.27. The highest BCUT2D eigenvalue weighted by atomic mass is 32.1. The molecule has 2 N–H and O–H groups in total. The number of carbonyl (C=O) groups excluding carboxylic acids is 1. The first-order valence-electron chi connectivity index (χ1n) is 5.21. The molecule has 2 heterocycles. The summed E-state index contributed by atoms with van der Waals surface area (Å²) < 4.78 is 0. The van der Waals surface area contributed by atoms with Gasteiger partial charge in [-0.3, -0.25) is 4.79 Å². The van der Waals surface area contributed by atoms with Crippen molar-refractivity contribution in [3.63, 3.8) is 0 Å². The van der Waals surface area contributed by atoms with Gasteiger partial charge in [-0.1, -0.05) is 6.92 Å². The van der Waals surface area contributed by atoms with E-state index < -0.39 is 0 Å². The van der Waals surface area contributed by atoms with E-state index in [1.807, 2.05) is 5.38 Å². The van der Waals surface area contributed by atoms with Gasteiger partial charge in [0.05, 0.1) is 6.04 Å². The molecule has 2 rings (SSSR count). The first-order chi connectivity index (χ1) is 7.27. The van der Waals surface area contributed by atoms with Crippen molar-refractivity contribution < 1.29 is 4.79 Å². The summed E-state index contributed by atoms with van der Waals surface area (Å²) in [5.74, 6) is 0.441. The Morgan fingerprint density at radius 3 is 3.27 bits per heavy atom. The van der Waals surface area contributed by atoms with Gasteiger partial charge < -0.3 is 10.6 Å². The lowest BCUT2D eigenvalue weighted by Crippen LogP contribution is -2.48. The monoisotopic (exact) mass is 225 g/mol. The average Bonchev–Trinajstić information content (AvgIpc) is 2.71. The van der Waals surface area contributed by atoms with Crippen molar-refractivity contribution in [1.82, 2.24) is 10.3 Å². The Bertz CT molecular complexity index is 325. The Morgan fingerprint density at radius 1 is 1.73 bits per heavy atom. The van der Waals surface area contributed by atoms with E-state index in [9.17, 15) is 4.79 Å². The largest absolute Gasteiger partial charge is 0.306 e. The Labute approximate surface area is 93.1 Å². The first kappa shape index (κ1) is 10.6. The standard InChI is InChI=1S/C10H15N3OS/c1-7-3-2-4-11-8(7)9(14)13-10-12-5-6-15-10/h5-8,11H,2-4H2,1H3,(H,12,13,14). The average molecular weight is 225 g/mol. The van der Waals surface area contributed by atoms with Crippen LogP contribution in [0, 0.1) is 5.92 Å². The van der Waals surface area contributed by atoms with Gasteiger partial charge in [0.15, 0.2) is 5.13 Å². The minimum atomic E-state index is -0.0670. The van der Waals surface area contributed by atoms with Gasteiger partial charge >= 0.3 is 0 Å². The molecule has 1 amide bonds. The van der Waals surface area contributed by atoms with E-state index in [4.69, 9.17) is 0 Å². The van der Waals surface area contributed by atoms with Gasteiger partial charge in [-0.05, 0) is 25.3 Å². The Hall–Kier alpha value is -0.940. The van der Waals surface area contributed by atoms with E-state index in [0.717, 1.165) is 19.4 Å². The first-order valence-corrected chi connectivity index (χ1v) is 6.09. The zero-order valence-electron chi connectivity index (χ0n) is 8.69.